The summed E-state index contributed by atoms with van der Waals surface area (Å²) in [7, 11) is 0. The summed E-state index contributed by atoms with van der Waals surface area (Å²) in [4.78, 5) is 17.7. The Balaban J connectivity index is 1.33. The lowest BCUT2D eigenvalue weighted by Gasteiger charge is -2.33. The van der Waals surface area contributed by atoms with Gasteiger partial charge >= 0.3 is 0 Å². The third-order valence-corrected chi connectivity index (χ3v) is 6.62. The standard InChI is InChI=1S/C26H30F2N8/c1-4-35-7-9-36(10-8-35)15-17-5-6-22(29-13-17)31-26-30-14-21(28)24(32-26)18-11-19-23(16(2)3)33-34-25(19)20(27)12-18/h5-6,11-14,16H,4,7-10,15H2,1-3H3,(H,33,34)(H,29,30,31,32). The minimum absolute atomic E-state index is 0.00653. The summed E-state index contributed by atoms with van der Waals surface area (Å²) in [6.45, 7) is 12.4. The maximum atomic E-state index is 14.8. The van der Waals surface area contributed by atoms with Gasteiger partial charge in [0.15, 0.2) is 11.6 Å². The van der Waals surface area contributed by atoms with E-state index in [0.717, 1.165) is 56.7 Å². The van der Waals surface area contributed by atoms with Crippen molar-refractivity contribution in [2.45, 2.75) is 33.2 Å². The number of rotatable bonds is 7. The van der Waals surface area contributed by atoms with Crippen LogP contribution in [-0.4, -0.2) is 67.7 Å². The highest BCUT2D eigenvalue weighted by Gasteiger charge is 2.18. The molecule has 4 aromatic rings. The summed E-state index contributed by atoms with van der Waals surface area (Å²) < 4.78 is 29.5. The summed E-state index contributed by atoms with van der Waals surface area (Å²) in [5.41, 5.74) is 2.46. The van der Waals surface area contributed by atoms with Gasteiger partial charge in [0.05, 0.1) is 6.20 Å². The number of aromatic nitrogens is 5. The molecule has 5 rings (SSSR count). The molecule has 1 fully saturated rings. The van der Waals surface area contributed by atoms with E-state index >= 15 is 0 Å². The fraction of sp³-hybridized carbons (Fsp3) is 0.385. The molecule has 10 heteroatoms. The molecule has 188 valence electrons. The van der Waals surface area contributed by atoms with Gasteiger partial charge in [0, 0.05) is 55.6 Å². The van der Waals surface area contributed by atoms with E-state index in [4.69, 9.17) is 0 Å². The van der Waals surface area contributed by atoms with Crippen molar-refractivity contribution in [1.82, 2.24) is 34.9 Å². The van der Waals surface area contributed by atoms with Crippen molar-refractivity contribution in [3.63, 3.8) is 0 Å². The number of nitrogens with zero attached hydrogens (tertiary/aromatic N) is 6. The quantitative estimate of drug-likeness (QED) is 0.387. The molecule has 1 aromatic carbocycles. The van der Waals surface area contributed by atoms with Gasteiger partial charge < -0.3 is 10.2 Å². The van der Waals surface area contributed by atoms with E-state index in [2.05, 4.69) is 47.2 Å². The molecule has 8 nitrogen and oxygen atoms in total. The second-order valence-corrected chi connectivity index (χ2v) is 9.42. The van der Waals surface area contributed by atoms with Crippen molar-refractivity contribution < 1.29 is 8.78 Å². The van der Waals surface area contributed by atoms with Crippen LogP contribution in [0.25, 0.3) is 22.2 Å². The fourth-order valence-electron chi connectivity index (χ4n) is 4.53. The van der Waals surface area contributed by atoms with Crippen LogP contribution in [0.15, 0.2) is 36.7 Å². The van der Waals surface area contributed by atoms with E-state index in [1.807, 2.05) is 32.2 Å². The first-order valence-electron chi connectivity index (χ1n) is 12.3. The normalized spacial score (nSPS) is 15.2. The molecule has 1 saturated heterocycles. The van der Waals surface area contributed by atoms with E-state index in [1.165, 1.54) is 6.07 Å². The lowest BCUT2D eigenvalue weighted by molar-refractivity contribution is 0.132. The Morgan fingerprint density at radius 1 is 1.00 bits per heavy atom. The summed E-state index contributed by atoms with van der Waals surface area (Å²) in [5, 5.41) is 10.6. The number of H-pyrrole nitrogens is 1. The molecule has 36 heavy (non-hydrogen) atoms. The fourth-order valence-corrected chi connectivity index (χ4v) is 4.53. The third-order valence-electron chi connectivity index (χ3n) is 6.62. The van der Waals surface area contributed by atoms with Crippen LogP contribution in [0.5, 0.6) is 0 Å². The highest BCUT2D eigenvalue weighted by molar-refractivity contribution is 5.87. The molecule has 1 aliphatic rings. The molecule has 0 unspecified atom stereocenters. The molecular weight excluding hydrogens is 462 g/mol. The van der Waals surface area contributed by atoms with Gasteiger partial charge in [-0.1, -0.05) is 26.8 Å². The molecule has 0 spiro atoms. The predicted molar refractivity (Wildman–Crippen MR) is 136 cm³/mol. The highest BCUT2D eigenvalue weighted by Crippen LogP contribution is 2.31. The Kier molecular flexibility index (Phi) is 6.88. The average Bonchev–Trinajstić information content (AvgIpc) is 3.32. The molecule has 0 amide bonds. The van der Waals surface area contributed by atoms with Gasteiger partial charge in [0.25, 0.3) is 0 Å². The number of hydrogen-bond donors (Lipinski definition) is 2. The maximum absolute atomic E-state index is 14.8. The zero-order chi connectivity index (χ0) is 25.2. The Labute approximate surface area is 208 Å². The number of likely N-dealkylation sites (N-methyl/N-ethyl adjacent to an activating group) is 1. The molecule has 1 aliphatic heterocycles. The number of anilines is 2. The van der Waals surface area contributed by atoms with Crippen LogP contribution in [0.3, 0.4) is 0 Å². The maximum Gasteiger partial charge on any atom is 0.229 e. The van der Waals surface area contributed by atoms with Gasteiger partial charge in [-0.25, -0.2) is 23.7 Å². The summed E-state index contributed by atoms with van der Waals surface area (Å²) in [6.07, 6.45) is 2.91. The third kappa shape index (κ3) is 5.05. The van der Waals surface area contributed by atoms with Crippen LogP contribution in [0.4, 0.5) is 20.5 Å². The van der Waals surface area contributed by atoms with Crippen LogP contribution in [-0.2, 0) is 6.54 Å². The largest absolute Gasteiger partial charge is 0.309 e. The average molecular weight is 493 g/mol. The van der Waals surface area contributed by atoms with Gasteiger partial charge in [-0.05, 0) is 36.2 Å². The van der Waals surface area contributed by atoms with Crippen molar-refractivity contribution in [3.05, 3.63) is 59.6 Å². The first-order chi connectivity index (χ1) is 17.4. The number of hydrogen-bond acceptors (Lipinski definition) is 7. The Hall–Kier alpha value is -3.50. The molecular formula is C26H30F2N8. The number of fused-ring (bicyclic) bond motifs is 1. The summed E-state index contributed by atoms with van der Waals surface area (Å²) in [6, 6.07) is 6.83. The van der Waals surface area contributed by atoms with Crippen LogP contribution in [0, 0.1) is 11.6 Å². The number of nitrogens with one attached hydrogen (secondary N) is 2. The van der Waals surface area contributed by atoms with Gasteiger partial charge in [0.1, 0.15) is 17.0 Å². The Bertz CT molecular complexity index is 1340. The predicted octanol–water partition coefficient (Wildman–Crippen LogP) is 4.70. The van der Waals surface area contributed by atoms with Crippen LogP contribution >= 0.6 is 0 Å². The second kappa shape index (κ2) is 10.2. The topological polar surface area (TPSA) is 85.9 Å². The molecule has 2 N–H and O–H groups in total. The van der Waals surface area contributed by atoms with Crippen LogP contribution < -0.4 is 5.32 Å². The smallest absolute Gasteiger partial charge is 0.229 e. The number of halogens is 2. The lowest BCUT2D eigenvalue weighted by Crippen LogP contribution is -2.45. The van der Waals surface area contributed by atoms with E-state index < -0.39 is 11.6 Å². The zero-order valence-electron chi connectivity index (χ0n) is 20.7. The molecule has 3 aromatic heterocycles. The number of pyridine rings is 1. The zero-order valence-corrected chi connectivity index (χ0v) is 20.7. The van der Waals surface area contributed by atoms with Gasteiger partial charge in [-0.15, -0.1) is 0 Å². The monoisotopic (exact) mass is 492 g/mol. The van der Waals surface area contributed by atoms with Crippen molar-refractivity contribution in [3.8, 4) is 11.3 Å². The van der Waals surface area contributed by atoms with Crippen molar-refractivity contribution in [1.29, 1.82) is 0 Å². The number of benzene rings is 1. The highest BCUT2D eigenvalue weighted by atomic mass is 19.1. The Morgan fingerprint density at radius 2 is 1.78 bits per heavy atom. The van der Waals surface area contributed by atoms with Crippen molar-refractivity contribution >= 4 is 22.7 Å². The Morgan fingerprint density at radius 3 is 2.47 bits per heavy atom. The number of piperazine rings is 1. The van der Waals surface area contributed by atoms with E-state index in [0.29, 0.717) is 16.8 Å². The summed E-state index contributed by atoms with van der Waals surface area (Å²) in [5.74, 6) is -0.344. The first kappa shape index (κ1) is 24.2. The first-order valence-corrected chi connectivity index (χ1v) is 12.3. The summed E-state index contributed by atoms with van der Waals surface area (Å²) >= 11 is 0. The number of aromatic amines is 1. The van der Waals surface area contributed by atoms with Crippen LogP contribution in [0.1, 0.15) is 37.9 Å². The second-order valence-electron chi connectivity index (χ2n) is 9.42. The van der Waals surface area contributed by atoms with Crippen LogP contribution in [0.2, 0.25) is 0 Å². The van der Waals surface area contributed by atoms with Crippen molar-refractivity contribution in [2.75, 3.05) is 38.0 Å². The molecule has 0 saturated carbocycles. The van der Waals surface area contributed by atoms with E-state index in [1.54, 1.807) is 6.07 Å². The van der Waals surface area contributed by atoms with Gasteiger partial charge in [-0.3, -0.25) is 10.00 Å². The SMILES string of the molecule is CCN1CCN(Cc2ccc(Nc3ncc(F)c(-c4cc(F)c5n[nH]c(C(C)C)c5c4)n3)nc2)CC1. The molecule has 0 atom stereocenters. The molecule has 0 aliphatic carbocycles. The van der Waals surface area contributed by atoms with E-state index in [-0.39, 0.29) is 23.1 Å². The minimum atomic E-state index is -0.639. The van der Waals surface area contributed by atoms with Crippen molar-refractivity contribution in [2.24, 2.45) is 0 Å². The minimum Gasteiger partial charge on any atom is -0.309 e. The van der Waals surface area contributed by atoms with E-state index in [9.17, 15) is 8.78 Å². The van der Waals surface area contributed by atoms with Gasteiger partial charge in [0.2, 0.25) is 5.95 Å². The molecule has 0 radical (unpaired) electrons. The van der Waals surface area contributed by atoms with Gasteiger partial charge in [-0.2, -0.15) is 5.10 Å². The lowest BCUT2D eigenvalue weighted by atomic mass is 10.0. The molecule has 4 heterocycles. The molecule has 0 bridgehead atoms.